The Morgan fingerprint density at radius 1 is 1.26 bits per heavy atom. The van der Waals surface area contributed by atoms with Crippen LogP contribution in [0.5, 0.6) is 0 Å². The SMILES string of the molecule is CC(C)CC(C)(CN)NC(=O)CS(=O)(=O)NC1CCC(C)CC1. The van der Waals surface area contributed by atoms with E-state index in [1.54, 1.807) is 0 Å². The second-order valence-corrected chi connectivity index (χ2v) is 9.50. The Balaban J connectivity index is 2.54. The molecule has 1 atom stereocenters. The molecule has 0 aliphatic heterocycles. The molecule has 0 heterocycles. The van der Waals surface area contributed by atoms with E-state index in [4.69, 9.17) is 5.73 Å². The van der Waals surface area contributed by atoms with E-state index in [1.807, 2.05) is 20.8 Å². The molecule has 1 rings (SSSR count). The number of nitrogens with one attached hydrogen (secondary N) is 2. The quantitative estimate of drug-likeness (QED) is 0.617. The first-order chi connectivity index (χ1) is 10.6. The molecule has 0 spiro atoms. The summed E-state index contributed by atoms with van der Waals surface area (Å²) in [6.07, 6.45) is 4.45. The highest BCUT2D eigenvalue weighted by Crippen LogP contribution is 2.23. The van der Waals surface area contributed by atoms with Gasteiger partial charge in [-0.15, -0.1) is 0 Å². The summed E-state index contributed by atoms with van der Waals surface area (Å²) in [5, 5.41) is 2.79. The van der Waals surface area contributed by atoms with Gasteiger partial charge in [0.05, 0.1) is 0 Å². The maximum absolute atomic E-state index is 12.2. The maximum atomic E-state index is 12.2. The topological polar surface area (TPSA) is 101 Å². The van der Waals surface area contributed by atoms with E-state index in [2.05, 4.69) is 17.0 Å². The van der Waals surface area contributed by atoms with Crippen molar-refractivity contribution in [1.82, 2.24) is 10.0 Å². The number of hydrogen-bond donors (Lipinski definition) is 3. The summed E-state index contributed by atoms with van der Waals surface area (Å²) >= 11 is 0. The summed E-state index contributed by atoms with van der Waals surface area (Å²) < 4.78 is 27.0. The second-order valence-electron chi connectivity index (χ2n) is 7.74. The van der Waals surface area contributed by atoms with E-state index < -0.39 is 27.2 Å². The molecule has 0 aromatic carbocycles. The van der Waals surface area contributed by atoms with Crippen molar-refractivity contribution in [2.45, 2.75) is 71.4 Å². The normalized spacial score (nSPS) is 25.1. The van der Waals surface area contributed by atoms with E-state index in [0.29, 0.717) is 18.3 Å². The molecule has 0 bridgehead atoms. The highest BCUT2D eigenvalue weighted by Gasteiger charge is 2.29. The molecule has 1 amide bonds. The van der Waals surface area contributed by atoms with Gasteiger partial charge in [0.25, 0.3) is 0 Å². The largest absolute Gasteiger partial charge is 0.349 e. The molecule has 1 aliphatic carbocycles. The van der Waals surface area contributed by atoms with Gasteiger partial charge < -0.3 is 11.1 Å². The van der Waals surface area contributed by atoms with Crippen LogP contribution in [0.3, 0.4) is 0 Å². The minimum absolute atomic E-state index is 0.0412. The van der Waals surface area contributed by atoms with Crippen molar-refractivity contribution in [3.05, 3.63) is 0 Å². The molecule has 23 heavy (non-hydrogen) atoms. The van der Waals surface area contributed by atoms with Crippen LogP contribution in [0.4, 0.5) is 0 Å². The molecule has 0 aromatic rings. The lowest BCUT2D eigenvalue weighted by Gasteiger charge is -2.31. The third-order valence-corrected chi connectivity index (χ3v) is 5.77. The van der Waals surface area contributed by atoms with Crippen molar-refractivity contribution < 1.29 is 13.2 Å². The highest BCUT2D eigenvalue weighted by atomic mass is 32.2. The summed E-state index contributed by atoms with van der Waals surface area (Å²) in [6, 6.07) is -0.0412. The monoisotopic (exact) mass is 347 g/mol. The Hall–Kier alpha value is -0.660. The molecule has 1 unspecified atom stereocenters. The van der Waals surface area contributed by atoms with Gasteiger partial charge in [0, 0.05) is 18.1 Å². The number of hydrogen-bond acceptors (Lipinski definition) is 4. The molecule has 6 nitrogen and oxygen atoms in total. The van der Waals surface area contributed by atoms with Gasteiger partial charge in [-0.3, -0.25) is 4.79 Å². The van der Waals surface area contributed by atoms with Gasteiger partial charge in [-0.2, -0.15) is 0 Å². The van der Waals surface area contributed by atoms with Crippen molar-refractivity contribution in [2.75, 3.05) is 12.3 Å². The number of rotatable bonds is 8. The lowest BCUT2D eigenvalue weighted by molar-refractivity contribution is -0.120. The molecule has 4 N–H and O–H groups in total. The third-order valence-electron chi connectivity index (χ3n) is 4.43. The van der Waals surface area contributed by atoms with Gasteiger partial charge in [0.15, 0.2) is 0 Å². The fourth-order valence-corrected chi connectivity index (χ4v) is 4.55. The van der Waals surface area contributed by atoms with Crippen LogP contribution in [0.15, 0.2) is 0 Å². The number of carbonyl (C=O) groups excluding carboxylic acids is 1. The zero-order valence-corrected chi connectivity index (χ0v) is 15.7. The summed E-state index contributed by atoms with van der Waals surface area (Å²) in [6.45, 7) is 8.41. The van der Waals surface area contributed by atoms with Gasteiger partial charge in [-0.05, 0) is 50.9 Å². The average molecular weight is 348 g/mol. The van der Waals surface area contributed by atoms with Crippen molar-refractivity contribution >= 4 is 15.9 Å². The highest BCUT2D eigenvalue weighted by molar-refractivity contribution is 7.90. The Labute approximate surface area is 141 Å². The predicted octanol–water partition coefficient (Wildman–Crippen LogP) is 1.36. The molecular weight excluding hydrogens is 314 g/mol. The average Bonchev–Trinajstić information content (AvgIpc) is 2.39. The Kier molecular flexibility index (Phi) is 7.48. The first-order valence-corrected chi connectivity index (χ1v) is 10.2. The van der Waals surface area contributed by atoms with E-state index in [-0.39, 0.29) is 12.6 Å². The van der Waals surface area contributed by atoms with E-state index in [9.17, 15) is 13.2 Å². The molecule has 1 fully saturated rings. The summed E-state index contributed by atoms with van der Waals surface area (Å²) in [5.41, 5.74) is 5.18. The van der Waals surface area contributed by atoms with Gasteiger partial charge in [-0.25, -0.2) is 13.1 Å². The van der Waals surface area contributed by atoms with Crippen LogP contribution in [0.25, 0.3) is 0 Å². The first-order valence-electron chi connectivity index (χ1n) is 8.56. The zero-order valence-electron chi connectivity index (χ0n) is 14.9. The maximum Gasteiger partial charge on any atom is 0.237 e. The van der Waals surface area contributed by atoms with Crippen LogP contribution in [0, 0.1) is 11.8 Å². The first kappa shape index (κ1) is 20.4. The molecular formula is C16H33N3O3S. The van der Waals surface area contributed by atoms with Crippen LogP contribution in [-0.4, -0.2) is 38.2 Å². The standard InChI is InChI=1S/C16H33N3O3S/c1-12(2)9-16(4,11-17)18-15(20)10-23(21,22)19-14-7-5-13(3)6-8-14/h12-14,19H,5-11,17H2,1-4H3,(H,18,20). The molecule has 0 saturated heterocycles. The third kappa shape index (κ3) is 7.63. The minimum atomic E-state index is -3.61. The number of carbonyl (C=O) groups is 1. The summed E-state index contributed by atoms with van der Waals surface area (Å²) in [5.74, 6) is -0.00865. The van der Waals surface area contributed by atoms with E-state index in [0.717, 1.165) is 25.7 Å². The fourth-order valence-electron chi connectivity index (χ4n) is 3.31. The molecule has 1 saturated carbocycles. The second kappa shape index (κ2) is 8.44. The van der Waals surface area contributed by atoms with Gasteiger partial charge in [-0.1, -0.05) is 20.8 Å². The lowest BCUT2D eigenvalue weighted by Crippen LogP contribution is -2.54. The van der Waals surface area contributed by atoms with Crippen molar-refractivity contribution in [1.29, 1.82) is 0 Å². The molecule has 0 radical (unpaired) electrons. The zero-order chi connectivity index (χ0) is 17.7. The van der Waals surface area contributed by atoms with Crippen molar-refractivity contribution in [3.8, 4) is 0 Å². The Morgan fingerprint density at radius 3 is 2.30 bits per heavy atom. The number of nitrogens with two attached hydrogens (primary N) is 1. The Bertz CT molecular complexity index is 485. The lowest BCUT2D eigenvalue weighted by atomic mass is 9.88. The van der Waals surface area contributed by atoms with Crippen LogP contribution in [-0.2, 0) is 14.8 Å². The van der Waals surface area contributed by atoms with Gasteiger partial charge >= 0.3 is 0 Å². The molecule has 0 aromatic heterocycles. The fraction of sp³-hybridized carbons (Fsp3) is 0.938. The summed E-state index contributed by atoms with van der Waals surface area (Å²) in [7, 11) is -3.61. The summed E-state index contributed by atoms with van der Waals surface area (Å²) in [4.78, 5) is 12.1. The molecule has 7 heteroatoms. The number of sulfonamides is 1. The van der Waals surface area contributed by atoms with E-state index >= 15 is 0 Å². The van der Waals surface area contributed by atoms with Crippen LogP contribution < -0.4 is 15.8 Å². The van der Waals surface area contributed by atoms with E-state index in [1.165, 1.54) is 0 Å². The molecule has 136 valence electrons. The number of amides is 1. The van der Waals surface area contributed by atoms with Crippen LogP contribution >= 0.6 is 0 Å². The van der Waals surface area contributed by atoms with Crippen molar-refractivity contribution in [2.24, 2.45) is 17.6 Å². The van der Waals surface area contributed by atoms with Gasteiger partial charge in [0.2, 0.25) is 15.9 Å². The smallest absolute Gasteiger partial charge is 0.237 e. The van der Waals surface area contributed by atoms with Crippen LogP contribution in [0.1, 0.15) is 59.8 Å². The molecule has 1 aliphatic rings. The predicted molar refractivity (Wildman–Crippen MR) is 93.4 cm³/mol. The minimum Gasteiger partial charge on any atom is -0.349 e. The van der Waals surface area contributed by atoms with Crippen molar-refractivity contribution in [3.63, 3.8) is 0 Å². The Morgan fingerprint density at radius 2 is 1.83 bits per heavy atom. The van der Waals surface area contributed by atoms with Crippen LogP contribution in [0.2, 0.25) is 0 Å². The van der Waals surface area contributed by atoms with Gasteiger partial charge in [0.1, 0.15) is 5.75 Å².